The van der Waals surface area contributed by atoms with E-state index in [1.807, 2.05) is 30.0 Å². The number of nitrogens with zero attached hydrogens (tertiary/aromatic N) is 3. The van der Waals surface area contributed by atoms with Gasteiger partial charge in [0.2, 0.25) is 5.43 Å². The summed E-state index contributed by atoms with van der Waals surface area (Å²) < 4.78 is 1.60. The zero-order valence-corrected chi connectivity index (χ0v) is 18.9. The van der Waals surface area contributed by atoms with Crippen LogP contribution in [0.25, 0.3) is 5.57 Å². The number of hydrogen-bond acceptors (Lipinski definition) is 4. The normalized spacial score (nSPS) is 20.3. The summed E-state index contributed by atoms with van der Waals surface area (Å²) in [5, 5.41) is 15.0. The van der Waals surface area contributed by atoms with E-state index in [0.29, 0.717) is 6.54 Å². The van der Waals surface area contributed by atoms with E-state index in [4.69, 9.17) is 0 Å². The molecule has 6 nitrogen and oxygen atoms in total. The lowest BCUT2D eigenvalue weighted by Gasteiger charge is -2.42. The highest BCUT2D eigenvalue weighted by molar-refractivity contribution is 5.96. The number of allylic oxidation sites excluding steroid dienone is 1. The molecule has 3 aromatic rings. The Labute approximate surface area is 192 Å². The molecular formula is C27H27N3O3. The number of carbonyl (C=O) groups excluding carboxylic acids is 1. The number of aryl methyl sites for hydroxylation is 1. The molecule has 2 aliphatic heterocycles. The average Bonchev–Trinajstić information content (AvgIpc) is 3.29. The molecule has 1 saturated heterocycles. The predicted octanol–water partition coefficient (Wildman–Crippen LogP) is 4.28. The van der Waals surface area contributed by atoms with Crippen molar-refractivity contribution in [3.05, 3.63) is 99.5 Å². The van der Waals surface area contributed by atoms with Crippen LogP contribution in [0, 0.1) is 6.92 Å². The molecule has 2 aromatic carbocycles. The zero-order valence-electron chi connectivity index (χ0n) is 18.9. The first kappa shape index (κ1) is 21.2. The van der Waals surface area contributed by atoms with Gasteiger partial charge in [-0.25, -0.2) is 0 Å². The second kappa shape index (κ2) is 8.03. The number of rotatable bonds is 4. The third-order valence-electron chi connectivity index (χ3n) is 6.91. The summed E-state index contributed by atoms with van der Waals surface area (Å²) in [5.74, 6) is -0.991. The molecule has 1 fully saturated rings. The number of carbonyl (C=O) groups is 1. The number of hydrogen-bond donors (Lipinski definition) is 1. The Morgan fingerprint density at radius 1 is 1.15 bits per heavy atom. The predicted molar refractivity (Wildman–Crippen MR) is 127 cm³/mol. The average molecular weight is 442 g/mol. The van der Waals surface area contributed by atoms with Gasteiger partial charge in [0.15, 0.2) is 11.4 Å². The molecule has 0 bridgehead atoms. The number of fused-ring (bicyclic) bond motifs is 2. The zero-order chi connectivity index (χ0) is 23.3. The lowest BCUT2D eigenvalue weighted by Crippen LogP contribution is -2.50. The second-order valence-electron chi connectivity index (χ2n) is 9.15. The summed E-state index contributed by atoms with van der Waals surface area (Å²) in [5.41, 5.74) is 4.70. The van der Waals surface area contributed by atoms with Gasteiger partial charge in [-0.05, 0) is 43.4 Å². The van der Waals surface area contributed by atoms with E-state index in [-0.39, 0.29) is 29.6 Å². The molecule has 168 valence electrons. The first-order valence-electron chi connectivity index (χ1n) is 11.3. The van der Waals surface area contributed by atoms with E-state index in [1.54, 1.807) is 4.68 Å². The molecule has 5 rings (SSSR count). The quantitative estimate of drug-likeness (QED) is 0.656. The maximum Gasteiger partial charge on any atom is 0.276 e. The minimum atomic E-state index is -0.637. The van der Waals surface area contributed by atoms with Gasteiger partial charge < -0.3 is 10.0 Å². The third kappa shape index (κ3) is 3.46. The first-order chi connectivity index (χ1) is 15.9. The van der Waals surface area contributed by atoms with E-state index in [9.17, 15) is 14.7 Å². The Hall–Kier alpha value is -3.67. The van der Waals surface area contributed by atoms with Gasteiger partial charge in [-0.2, -0.15) is 5.10 Å². The number of aromatic nitrogens is 2. The van der Waals surface area contributed by atoms with Crippen LogP contribution >= 0.6 is 0 Å². The largest absolute Gasteiger partial charge is 0.502 e. The van der Waals surface area contributed by atoms with E-state index >= 15 is 0 Å². The Kier molecular flexibility index (Phi) is 5.16. The highest BCUT2D eigenvalue weighted by Crippen LogP contribution is 2.46. The van der Waals surface area contributed by atoms with Gasteiger partial charge in [-0.15, -0.1) is 0 Å². The summed E-state index contributed by atoms with van der Waals surface area (Å²) in [6, 6.07) is 16.3. The molecule has 3 heterocycles. The molecule has 0 spiro atoms. The molecule has 1 unspecified atom stereocenters. The first-order valence-corrected chi connectivity index (χ1v) is 11.3. The fourth-order valence-electron chi connectivity index (χ4n) is 5.39. The van der Waals surface area contributed by atoms with Crippen molar-refractivity contribution < 1.29 is 9.90 Å². The Balaban J connectivity index is 1.79. The molecule has 1 amide bonds. The minimum Gasteiger partial charge on any atom is -0.502 e. The number of benzene rings is 2. The molecule has 6 heteroatoms. The van der Waals surface area contributed by atoms with E-state index in [1.165, 1.54) is 0 Å². The van der Waals surface area contributed by atoms with Gasteiger partial charge in [0.25, 0.3) is 5.91 Å². The standard InChI is InChI=1S/C27H27N3O3/c1-16(2)18-8-5-10-20(14-18)23(19-9-4-7-17(3)13-19)24-21-11-6-12-29(21)27(33)25-26(32)22(31)15-28-30(24)25/h4-5,7-10,13-15,21,23-24,32H,1,6,11-12H2,2-3H3/t21-,23?,24-/m1/s1. The van der Waals surface area contributed by atoms with Crippen LogP contribution in [0.2, 0.25) is 0 Å². The van der Waals surface area contributed by atoms with Crippen LogP contribution in [0.5, 0.6) is 5.75 Å². The second-order valence-corrected chi connectivity index (χ2v) is 9.15. The van der Waals surface area contributed by atoms with Gasteiger partial charge >= 0.3 is 0 Å². The van der Waals surface area contributed by atoms with Crippen molar-refractivity contribution in [2.45, 2.75) is 44.7 Å². The fraction of sp³-hybridized carbons (Fsp3) is 0.296. The van der Waals surface area contributed by atoms with Crippen LogP contribution < -0.4 is 5.43 Å². The highest BCUT2D eigenvalue weighted by Gasteiger charge is 2.48. The summed E-state index contributed by atoms with van der Waals surface area (Å²) in [4.78, 5) is 27.3. The molecule has 0 aliphatic carbocycles. The van der Waals surface area contributed by atoms with Gasteiger partial charge in [-0.1, -0.05) is 66.2 Å². The number of amides is 1. The van der Waals surface area contributed by atoms with Crippen LogP contribution in [0.15, 0.2) is 66.1 Å². The molecule has 3 atom stereocenters. The Morgan fingerprint density at radius 2 is 1.88 bits per heavy atom. The van der Waals surface area contributed by atoms with Crippen molar-refractivity contribution in [2.24, 2.45) is 0 Å². The van der Waals surface area contributed by atoms with Crippen molar-refractivity contribution in [1.82, 2.24) is 14.7 Å². The Morgan fingerprint density at radius 3 is 2.61 bits per heavy atom. The molecular weight excluding hydrogens is 414 g/mol. The maximum absolute atomic E-state index is 13.3. The molecule has 1 N–H and O–H groups in total. The van der Waals surface area contributed by atoms with Crippen molar-refractivity contribution in [2.75, 3.05) is 6.54 Å². The monoisotopic (exact) mass is 441 g/mol. The van der Waals surface area contributed by atoms with Crippen LogP contribution in [0.1, 0.15) is 64.5 Å². The van der Waals surface area contributed by atoms with E-state index in [0.717, 1.165) is 46.9 Å². The maximum atomic E-state index is 13.3. The van der Waals surface area contributed by atoms with Crippen molar-refractivity contribution in [3.8, 4) is 5.75 Å². The van der Waals surface area contributed by atoms with Crippen molar-refractivity contribution >= 4 is 11.5 Å². The van der Waals surface area contributed by atoms with Crippen LogP contribution in [0.4, 0.5) is 0 Å². The molecule has 0 radical (unpaired) electrons. The summed E-state index contributed by atoms with van der Waals surface area (Å²) in [7, 11) is 0. The third-order valence-corrected chi connectivity index (χ3v) is 6.91. The van der Waals surface area contributed by atoms with E-state index < -0.39 is 11.2 Å². The molecule has 2 aliphatic rings. The van der Waals surface area contributed by atoms with E-state index in [2.05, 4.69) is 48.9 Å². The minimum absolute atomic E-state index is 0.0145. The van der Waals surface area contributed by atoms with Crippen LogP contribution in [0.3, 0.4) is 0 Å². The molecule has 33 heavy (non-hydrogen) atoms. The lowest BCUT2D eigenvalue weighted by molar-refractivity contribution is 0.0565. The van der Waals surface area contributed by atoms with Gasteiger partial charge in [0.05, 0.1) is 18.3 Å². The number of aromatic hydroxyl groups is 1. The van der Waals surface area contributed by atoms with Crippen molar-refractivity contribution in [1.29, 1.82) is 0 Å². The van der Waals surface area contributed by atoms with Crippen LogP contribution in [-0.4, -0.2) is 38.3 Å². The Bertz CT molecular complexity index is 1330. The van der Waals surface area contributed by atoms with Gasteiger partial charge in [0, 0.05) is 12.5 Å². The summed E-state index contributed by atoms with van der Waals surface area (Å²) in [6.45, 7) is 8.76. The lowest BCUT2D eigenvalue weighted by atomic mass is 9.79. The molecule has 0 saturated carbocycles. The topological polar surface area (TPSA) is 75.4 Å². The van der Waals surface area contributed by atoms with Gasteiger partial charge in [-0.3, -0.25) is 14.3 Å². The molecule has 1 aromatic heterocycles. The smallest absolute Gasteiger partial charge is 0.276 e. The fourth-order valence-corrected chi connectivity index (χ4v) is 5.39. The van der Waals surface area contributed by atoms with Crippen molar-refractivity contribution in [3.63, 3.8) is 0 Å². The summed E-state index contributed by atoms with van der Waals surface area (Å²) >= 11 is 0. The summed E-state index contributed by atoms with van der Waals surface area (Å²) in [6.07, 6.45) is 2.83. The highest BCUT2D eigenvalue weighted by atomic mass is 16.3. The SMILES string of the molecule is C=C(C)c1cccc(C(c2cccc(C)c2)[C@H]2[C@H]3CCCN3C(=O)c3c(O)c(=O)cnn32)c1. The van der Waals surface area contributed by atoms with Crippen LogP contribution in [-0.2, 0) is 0 Å². The van der Waals surface area contributed by atoms with Gasteiger partial charge in [0.1, 0.15) is 0 Å².